The Morgan fingerprint density at radius 3 is 2.57 bits per heavy atom. The number of hydrogen-bond acceptors (Lipinski definition) is 8. The van der Waals surface area contributed by atoms with E-state index in [0.717, 1.165) is 4.90 Å². The summed E-state index contributed by atoms with van der Waals surface area (Å²) in [6, 6.07) is 8.53. The van der Waals surface area contributed by atoms with Gasteiger partial charge in [0.25, 0.3) is 5.91 Å². The van der Waals surface area contributed by atoms with Crippen LogP contribution in [0.1, 0.15) is 43.2 Å². The van der Waals surface area contributed by atoms with Crippen molar-refractivity contribution >= 4 is 40.8 Å². The Morgan fingerprint density at radius 1 is 1.20 bits per heavy atom. The predicted molar refractivity (Wildman–Crippen MR) is 168 cm³/mol. The molecule has 248 valence electrons. The van der Waals surface area contributed by atoms with E-state index in [4.69, 9.17) is 9.47 Å². The highest BCUT2D eigenvalue weighted by atomic mass is 32.2. The summed E-state index contributed by atoms with van der Waals surface area (Å²) >= 11 is -0.356. The average molecular weight is 665 g/mol. The zero-order valence-corrected chi connectivity index (χ0v) is 27.1. The SMILES string of the molecule is CNC(=O)c1ccc(N(CC#Cc2nn3c(N[C@@H]4CCN(C)C[C@@H]4F)cccc3c2SC(F)(F)F)C(=O)OC(C)(C)C)c(OC)c1. The Labute approximate surface area is 268 Å². The third kappa shape index (κ3) is 8.55. The Balaban J connectivity index is 1.74. The van der Waals surface area contributed by atoms with Gasteiger partial charge in [-0.1, -0.05) is 12.0 Å². The second-order valence-corrected chi connectivity index (χ2v) is 12.7. The molecule has 0 radical (unpaired) electrons. The number of methoxy groups -OCH3 is 1. The van der Waals surface area contributed by atoms with E-state index in [1.165, 1.54) is 42.9 Å². The molecule has 1 saturated heterocycles. The number of carbonyl (C=O) groups excluding carboxylic acids is 2. The zero-order valence-electron chi connectivity index (χ0n) is 26.3. The van der Waals surface area contributed by atoms with Crippen molar-refractivity contribution in [3.05, 3.63) is 47.7 Å². The van der Waals surface area contributed by atoms with Gasteiger partial charge in [0.05, 0.1) is 35.8 Å². The number of benzene rings is 1. The first-order chi connectivity index (χ1) is 21.6. The molecule has 3 aromatic rings. The molecule has 10 nitrogen and oxygen atoms in total. The van der Waals surface area contributed by atoms with Crippen molar-refractivity contribution in [1.82, 2.24) is 19.8 Å². The van der Waals surface area contributed by atoms with Crippen molar-refractivity contribution in [3.8, 4) is 17.6 Å². The number of halogens is 4. The van der Waals surface area contributed by atoms with Gasteiger partial charge >= 0.3 is 11.6 Å². The van der Waals surface area contributed by atoms with Crippen LogP contribution in [0, 0.1) is 11.8 Å². The fourth-order valence-electron chi connectivity index (χ4n) is 4.82. The molecule has 1 aromatic carbocycles. The summed E-state index contributed by atoms with van der Waals surface area (Å²) in [6.07, 6.45) is -1.48. The summed E-state index contributed by atoms with van der Waals surface area (Å²) in [6.45, 7) is 5.61. The van der Waals surface area contributed by atoms with Crippen LogP contribution in [0.5, 0.6) is 5.75 Å². The molecule has 0 unspecified atom stereocenters. The summed E-state index contributed by atoms with van der Waals surface area (Å²) in [5, 5.41) is 9.99. The zero-order chi connectivity index (χ0) is 33.8. The second-order valence-electron chi connectivity index (χ2n) is 11.6. The van der Waals surface area contributed by atoms with Crippen molar-refractivity contribution in [3.63, 3.8) is 0 Å². The molecule has 3 heterocycles. The maximum atomic E-state index is 14.8. The van der Waals surface area contributed by atoms with Gasteiger partial charge in [-0.3, -0.25) is 9.69 Å². The van der Waals surface area contributed by atoms with Crippen LogP contribution in [-0.4, -0.2) is 90.7 Å². The van der Waals surface area contributed by atoms with E-state index < -0.39 is 29.4 Å². The number of rotatable bonds is 7. The maximum absolute atomic E-state index is 14.8. The van der Waals surface area contributed by atoms with Crippen LogP contribution in [0.4, 0.5) is 33.9 Å². The van der Waals surface area contributed by atoms with Gasteiger partial charge in [0.2, 0.25) is 0 Å². The molecule has 1 aliphatic heterocycles. The van der Waals surface area contributed by atoms with Crippen molar-refractivity contribution in [2.24, 2.45) is 0 Å². The molecule has 2 aromatic heterocycles. The van der Waals surface area contributed by atoms with Crippen LogP contribution < -0.4 is 20.3 Å². The number of fused-ring (bicyclic) bond motifs is 1. The monoisotopic (exact) mass is 664 g/mol. The van der Waals surface area contributed by atoms with Gasteiger partial charge in [0.1, 0.15) is 29.0 Å². The number of piperidine rings is 1. The number of nitrogens with one attached hydrogen (secondary N) is 2. The molecule has 15 heteroatoms. The van der Waals surface area contributed by atoms with Gasteiger partial charge in [0.15, 0.2) is 0 Å². The molecular weight excluding hydrogens is 628 g/mol. The summed E-state index contributed by atoms with van der Waals surface area (Å²) in [7, 11) is 4.66. The van der Waals surface area contributed by atoms with E-state index in [1.807, 2.05) is 11.9 Å². The number of likely N-dealkylation sites (tertiary alicyclic amines) is 1. The number of pyridine rings is 1. The van der Waals surface area contributed by atoms with Crippen molar-refractivity contribution < 1.29 is 36.6 Å². The van der Waals surface area contributed by atoms with Crippen LogP contribution in [0.15, 0.2) is 41.3 Å². The quantitative estimate of drug-likeness (QED) is 0.193. The lowest BCUT2D eigenvalue weighted by Gasteiger charge is -2.33. The Hall–Kier alpha value is -4.16. The largest absolute Gasteiger partial charge is 0.495 e. The number of alkyl halides is 4. The van der Waals surface area contributed by atoms with Crippen LogP contribution in [0.25, 0.3) is 5.52 Å². The number of ether oxygens (including phenoxy) is 2. The topological polar surface area (TPSA) is 100 Å². The van der Waals surface area contributed by atoms with E-state index in [-0.39, 0.29) is 63.9 Å². The lowest BCUT2D eigenvalue weighted by Crippen LogP contribution is -2.46. The molecule has 0 saturated carbocycles. The van der Waals surface area contributed by atoms with Crippen molar-refractivity contribution in [2.75, 3.05) is 51.1 Å². The highest BCUT2D eigenvalue weighted by Crippen LogP contribution is 2.41. The minimum absolute atomic E-state index is 0.135. The number of hydrogen-bond donors (Lipinski definition) is 2. The van der Waals surface area contributed by atoms with E-state index in [2.05, 4.69) is 27.6 Å². The normalized spacial score (nSPS) is 17.2. The number of amides is 2. The summed E-state index contributed by atoms with van der Waals surface area (Å²) in [4.78, 5) is 28.3. The van der Waals surface area contributed by atoms with Gasteiger partial charge in [-0.15, -0.1) is 0 Å². The van der Waals surface area contributed by atoms with Crippen molar-refractivity contribution in [2.45, 2.75) is 55.4 Å². The molecule has 1 aliphatic rings. The highest BCUT2D eigenvalue weighted by molar-refractivity contribution is 8.00. The standard InChI is InChI=1S/C31H36F4N6O4S/c1-30(2,3)45-29(43)40(23-13-12-19(28(42)36-4)17-25(23)44-6)15-8-9-22-27(46-31(33,34)35)24-10-7-11-26(41(24)38-22)37-21-14-16-39(5)18-20(21)32/h7,10-13,17,20-21,37H,14-16,18H2,1-6H3,(H,36,42)/t20-,21+/m0/s1. The molecular formula is C31H36F4N6O4S. The van der Waals surface area contributed by atoms with Crippen molar-refractivity contribution in [1.29, 1.82) is 0 Å². The van der Waals surface area contributed by atoms with Crippen LogP contribution in [0.3, 0.4) is 0 Å². The van der Waals surface area contributed by atoms with Crippen LogP contribution in [0.2, 0.25) is 0 Å². The number of aromatic nitrogens is 2. The predicted octanol–water partition coefficient (Wildman–Crippen LogP) is 5.56. The van der Waals surface area contributed by atoms with Gasteiger partial charge in [-0.25, -0.2) is 13.7 Å². The molecule has 2 atom stereocenters. The molecule has 46 heavy (non-hydrogen) atoms. The smallest absolute Gasteiger partial charge is 0.446 e. The third-order valence-corrected chi connectivity index (χ3v) is 7.76. The fourth-order valence-corrected chi connectivity index (χ4v) is 5.50. The molecule has 0 spiro atoms. The van der Waals surface area contributed by atoms with Gasteiger partial charge in [-0.2, -0.15) is 18.3 Å². The minimum atomic E-state index is -4.65. The molecule has 0 aliphatic carbocycles. The summed E-state index contributed by atoms with van der Waals surface area (Å²) in [5.74, 6) is 5.58. The lowest BCUT2D eigenvalue weighted by molar-refractivity contribution is -0.0328. The van der Waals surface area contributed by atoms with Crippen LogP contribution >= 0.6 is 11.8 Å². The maximum Gasteiger partial charge on any atom is 0.446 e. The second kappa shape index (κ2) is 14.1. The fraction of sp³-hybridized carbons (Fsp3) is 0.452. The van der Waals surface area contributed by atoms with E-state index in [9.17, 15) is 27.2 Å². The highest BCUT2D eigenvalue weighted by Gasteiger charge is 2.34. The molecule has 2 N–H and O–H groups in total. The Bertz CT molecular complexity index is 1650. The molecule has 4 rings (SSSR count). The molecule has 2 amide bonds. The van der Waals surface area contributed by atoms with E-state index >= 15 is 0 Å². The molecule has 1 fully saturated rings. The first-order valence-electron chi connectivity index (χ1n) is 14.4. The summed E-state index contributed by atoms with van der Waals surface area (Å²) in [5.41, 5.74) is -5.07. The first kappa shape index (κ1) is 34.7. The lowest BCUT2D eigenvalue weighted by atomic mass is 10.0. The van der Waals surface area contributed by atoms with Gasteiger partial charge in [-0.05, 0) is 82.3 Å². The minimum Gasteiger partial charge on any atom is -0.495 e. The average Bonchev–Trinajstić information content (AvgIpc) is 3.31. The number of anilines is 2. The number of nitrogens with zero attached hydrogens (tertiary/aromatic N) is 4. The van der Waals surface area contributed by atoms with E-state index in [1.54, 1.807) is 32.9 Å². The van der Waals surface area contributed by atoms with E-state index in [0.29, 0.717) is 18.8 Å². The number of thioether (sulfide) groups is 1. The van der Waals surface area contributed by atoms with Crippen LogP contribution in [-0.2, 0) is 4.74 Å². The third-order valence-electron chi connectivity index (χ3n) is 6.93. The van der Waals surface area contributed by atoms with Gasteiger partial charge < -0.3 is 25.0 Å². The first-order valence-corrected chi connectivity index (χ1v) is 15.2. The summed E-state index contributed by atoms with van der Waals surface area (Å²) < 4.78 is 68.3. The Kier molecular flexibility index (Phi) is 10.6. The molecule has 0 bridgehead atoms. The number of carbonyl (C=O) groups is 2. The van der Waals surface area contributed by atoms with Gasteiger partial charge in [0, 0.05) is 25.7 Å². The Morgan fingerprint density at radius 2 is 1.93 bits per heavy atom.